The first-order chi connectivity index (χ1) is 13.7. The molecule has 1 aromatic carbocycles. The number of amides is 1. The Labute approximate surface area is 172 Å². The van der Waals surface area contributed by atoms with Crippen molar-refractivity contribution in [2.24, 2.45) is 0 Å². The van der Waals surface area contributed by atoms with E-state index in [1.807, 2.05) is 0 Å². The molecule has 29 heavy (non-hydrogen) atoms. The number of hydrogen-bond donors (Lipinski definition) is 1. The molecule has 0 spiro atoms. The number of ether oxygens (including phenoxy) is 1. The fraction of sp³-hybridized carbons (Fsp3) is 0.167. The molecule has 0 atom stereocenters. The SMILES string of the molecule is COc1cccc(S(=O)(=O)c2cc(CN(C)C(=O)O)nn2-c2ccccc2Cl)n1. The van der Waals surface area contributed by atoms with Crippen LogP contribution in [0.5, 0.6) is 5.88 Å². The normalized spacial score (nSPS) is 11.3. The van der Waals surface area contributed by atoms with Gasteiger partial charge in [0.1, 0.15) is 0 Å². The minimum Gasteiger partial charge on any atom is -0.481 e. The van der Waals surface area contributed by atoms with Crippen LogP contribution in [0.1, 0.15) is 5.69 Å². The van der Waals surface area contributed by atoms with E-state index in [4.69, 9.17) is 21.4 Å². The van der Waals surface area contributed by atoms with E-state index in [1.165, 1.54) is 43.1 Å². The second kappa shape index (κ2) is 8.10. The molecule has 1 amide bonds. The third kappa shape index (κ3) is 4.17. The van der Waals surface area contributed by atoms with E-state index in [0.717, 1.165) is 4.90 Å². The van der Waals surface area contributed by atoms with Crippen molar-refractivity contribution >= 4 is 27.5 Å². The molecular formula is C18H17ClN4O5S. The molecule has 0 aliphatic rings. The summed E-state index contributed by atoms with van der Waals surface area (Å²) in [5.41, 5.74) is 0.566. The van der Waals surface area contributed by atoms with E-state index in [9.17, 15) is 13.2 Å². The molecule has 9 nitrogen and oxygen atoms in total. The van der Waals surface area contributed by atoms with Crippen LogP contribution in [0.3, 0.4) is 0 Å². The summed E-state index contributed by atoms with van der Waals surface area (Å²) in [6.45, 7) is -0.110. The van der Waals surface area contributed by atoms with Gasteiger partial charge in [0.2, 0.25) is 15.7 Å². The monoisotopic (exact) mass is 436 g/mol. The van der Waals surface area contributed by atoms with Gasteiger partial charge in [-0.3, -0.25) is 0 Å². The van der Waals surface area contributed by atoms with Crippen LogP contribution in [0.15, 0.2) is 58.6 Å². The number of sulfone groups is 1. The quantitative estimate of drug-likeness (QED) is 0.631. The second-order valence-corrected chi connectivity index (χ2v) is 8.25. The number of para-hydroxylation sites is 1. The lowest BCUT2D eigenvalue weighted by Crippen LogP contribution is -2.24. The van der Waals surface area contributed by atoms with Crippen molar-refractivity contribution in [3.05, 3.63) is 59.2 Å². The van der Waals surface area contributed by atoms with E-state index < -0.39 is 15.9 Å². The van der Waals surface area contributed by atoms with Gasteiger partial charge in [0.25, 0.3) is 0 Å². The third-order valence-electron chi connectivity index (χ3n) is 3.99. The van der Waals surface area contributed by atoms with Crippen molar-refractivity contribution in [1.82, 2.24) is 19.7 Å². The van der Waals surface area contributed by atoms with Gasteiger partial charge in [-0.15, -0.1) is 0 Å². The first-order valence-corrected chi connectivity index (χ1v) is 10.1. The lowest BCUT2D eigenvalue weighted by molar-refractivity contribution is 0.153. The molecule has 3 rings (SSSR count). The molecule has 2 heterocycles. The van der Waals surface area contributed by atoms with E-state index in [0.29, 0.717) is 5.69 Å². The largest absolute Gasteiger partial charge is 0.481 e. The van der Waals surface area contributed by atoms with Crippen LogP contribution in [0, 0.1) is 0 Å². The summed E-state index contributed by atoms with van der Waals surface area (Å²) < 4.78 is 32.8. The molecule has 0 saturated heterocycles. The Morgan fingerprint density at radius 1 is 1.24 bits per heavy atom. The van der Waals surface area contributed by atoms with Crippen molar-refractivity contribution in [2.45, 2.75) is 16.6 Å². The average molecular weight is 437 g/mol. The van der Waals surface area contributed by atoms with Gasteiger partial charge in [-0.25, -0.2) is 22.9 Å². The van der Waals surface area contributed by atoms with Crippen LogP contribution in [0.4, 0.5) is 4.79 Å². The lowest BCUT2D eigenvalue weighted by atomic mass is 10.3. The maximum absolute atomic E-state index is 13.3. The zero-order valence-electron chi connectivity index (χ0n) is 15.5. The summed E-state index contributed by atoms with van der Waals surface area (Å²) in [6, 6.07) is 12.3. The Morgan fingerprint density at radius 2 is 1.97 bits per heavy atom. The maximum atomic E-state index is 13.3. The summed E-state index contributed by atoms with van der Waals surface area (Å²) >= 11 is 6.24. The van der Waals surface area contributed by atoms with Gasteiger partial charge in [0, 0.05) is 19.2 Å². The van der Waals surface area contributed by atoms with E-state index in [2.05, 4.69) is 10.1 Å². The Hall–Kier alpha value is -3.11. The fourth-order valence-electron chi connectivity index (χ4n) is 2.55. The van der Waals surface area contributed by atoms with Gasteiger partial charge in [0.05, 0.1) is 30.1 Å². The molecule has 152 valence electrons. The van der Waals surface area contributed by atoms with Gasteiger partial charge in [0.15, 0.2) is 10.1 Å². The molecule has 0 aliphatic heterocycles. The van der Waals surface area contributed by atoms with Gasteiger partial charge in [-0.05, 0) is 18.2 Å². The Bertz CT molecular complexity index is 1160. The number of carboxylic acid groups (broad SMARTS) is 1. The van der Waals surface area contributed by atoms with Crippen molar-refractivity contribution < 1.29 is 23.1 Å². The number of nitrogens with zero attached hydrogens (tertiary/aromatic N) is 4. The summed E-state index contributed by atoms with van der Waals surface area (Å²) in [7, 11) is -1.38. The first-order valence-electron chi connectivity index (χ1n) is 8.28. The highest BCUT2D eigenvalue weighted by molar-refractivity contribution is 7.91. The van der Waals surface area contributed by atoms with Crippen LogP contribution in [-0.4, -0.2) is 53.4 Å². The molecule has 0 fully saturated rings. The maximum Gasteiger partial charge on any atom is 0.407 e. The third-order valence-corrected chi connectivity index (χ3v) is 5.93. The molecule has 11 heteroatoms. The first kappa shape index (κ1) is 20.6. The predicted octanol–water partition coefficient (Wildman–Crippen LogP) is 2.87. The van der Waals surface area contributed by atoms with Gasteiger partial charge >= 0.3 is 6.09 Å². The highest BCUT2D eigenvalue weighted by atomic mass is 35.5. The molecule has 0 radical (unpaired) electrons. The Balaban J connectivity index is 2.19. The van der Waals surface area contributed by atoms with E-state index in [1.54, 1.807) is 24.3 Å². The number of pyridine rings is 1. The van der Waals surface area contributed by atoms with Crippen molar-refractivity contribution in [2.75, 3.05) is 14.2 Å². The summed E-state index contributed by atoms with van der Waals surface area (Å²) in [5.74, 6) is 0.140. The van der Waals surface area contributed by atoms with E-state index in [-0.39, 0.29) is 33.2 Å². The Morgan fingerprint density at radius 3 is 2.62 bits per heavy atom. The number of halogens is 1. The smallest absolute Gasteiger partial charge is 0.407 e. The molecule has 0 bridgehead atoms. The molecule has 0 aliphatic carbocycles. The highest BCUT2D eigenvalue weighted by Crippen LogP contribution is 2.28. The van der Waals surface area contributed by atoms with Crippen LogP contribution in [0.25, 0.3) is 5.69 Å². The summed E-state index contributed by atoms with van der Waals surface area (Å²) in [4.78, 5) is 16.1. The van der Waals surface area contributed by atoms with Crippen molar-refractivity contribution in [3.63, 3.8) is 0 Å². The van der Waals surface area contributed by atoms with Gasteiger partial charge < -0.3 is 14.7 Å². The number of aromatic nitrogens is 3. The minimum atomic E-state index is -4.12. The fourth-order valence-corrected chi connectivity index (χ4v) is 4.11. The summed E-state index contributed by atoms with van der Waals surface area (Å²) in [5, 5.41) is 13.2. The zero-order valence-corrected chi connectivity index (χ0v) is 17.1. The standard InChI is InChI=1S/C18H17ClN4O5S/c1-22(18(24)25)11-12-10-17(23(21-12)14-7-4-3-6-13(14)19)29(26,27)16-9-5-8-15(20-16)28-2/h3-10H,11H2,1-2H3,(H,24,25). The molecule has 0 unspecified atom stereocenters. The minimum absolute atomic E-state index is 0.110. The topological polar surface area (TPSA) is 115 Å². The van der Waals surface area contributed by atoms with Crippen molar-refractivity contribution in [1.29, 1.82) is 0 Å². The van der Waals surface area contributed by atoms with Crippen LogP contribution in [-0.2, 0) is 16.4 Å². The van der Waals surface area contributed by atoms with Crippen LogP contribution in [0.2, 0.25) is 5.02 Å². The number of hydrogen-bond acceptors (Lipinski definition) is 6. The van der Waals surface area contributed by atoms with Crippen LogP contribution >= 0.6 is 11.6 Å². The molecule has 1 N–H and O–H groups in total. The molecule has 0 saturated carbocycles. The number of methoxy groups -OCH3 is 1. The molecule has 2 aromatic heterocycles. The molecular weight excluding hydrogens is 420 g/mol. The zero-order chi connectivity index (χ0) is 21.2. The Kier molecular flexibility index (Phi) is 5.76. The summed E-state index contributed by atoms with van der Waals surface area (Å²) in [6.07, 6.45) is -1.17. The van der Waals surface area contributed by atoms with Crippen molar-refractivity contribution in [3.8, 4) is 11.6 Å². The lowest BCUT2D eigenvalue weighted by Gasteiger charge is -2.10. The number of benzene rings is 1. The highest BCUT2D eigenvalue weighted by Gasteiger charge is 2.28. The molecule has 3 aromatic rings. The van der Waals surface area contributed by atoms with Crippen LogP contribution < -0.4 is 4.74 Å². The van der Waals surface area contributed by atoms with Gasteiger partial charge in [-0.2, -0.15) is 5.10 Å². The average Bonchev–Trinajstić information content (AvgIpc) is 3.12. The second-order valence-electron chi connectivity index (χ2n) is 6.00. The number of carbonyl (C=O) groups is 1. The van der Waals surface area contributed by atoms with E-state index >= 15 is 0 Å². The number of rotatable bonds is 6. The predicted molar refractivity (Wildman–Crippen MR) is 104 cm³/mol. The van der Waals surface area contributed by atoms with Gasteiger partial charge in [-0.1, -0.05) is 29.8 Å².